The van der Waals surface area contributed by atoms with Crippen LogP contribution in [0.1, 0.15) is 5.56 Å². The summed E-state index contributed by atoms with van der Waals surface area (Å²) in [6, 6.07) is 7.50. The van der Waals surface area contributed by atoms with Crippen LogP contribution in [0.4, 0.5) is 5.69 Å². The van der Waals surface area contributed by atoms with Gasteiger partial charge in [0.25, 0.3) is 0 Å². The second-order valence-electron chi connectivity index (χ2n) is 3.73. The average Bonchev–Trinajstić information content (AvgIpc) is 2.31. The number of phenols is 1. The van der Waals surface area contributed by atoms with Crippen LogP contribution in [-0.2, 0) is 0 Å². The SMILES string of the molecule is CSNc1ccc(-c2cnccc2C)c(O)c1. The van der Waals surface area contributed by atoms with E-state index in [1.54, 1.807) is 18.5 Å². The number of rotatable bonds is 3. The first-order valence-corrected chi connectivity index (χ1v) is 6.48. The van der Waals surface area contributed by atoms with Crippen molar-refractivity contribution in [3.05, 3.63) is 42.2 Å². The molecule has 0 fully saturated rings. The van der Waals surface area contributed by atoms with Crippen LogP contribution in [0.3, 0.4) is 0 Å². The Labute approximate surface area is 105 Å². The summed E-state index contributed by atoms with van der Waals surface area (Å²) >= 11 is 1.49. The van der Waals surface area contributed by atoms with E-state index in [4.69, 9.17) is 0 Å². The lowest BCUT2D eigenvalue weighted by Crippen LogP contribution is -1.88. The quantitative estimate of drug-likeness (QED) is 0.814. The van der Waals surface area contributed by atoms with Crippen LogP contribution in [0.5, 0.6) is 5.75 Å². The van der Waals surface area contributed by atoms with Crippen molar-refractivity contribution in [2.45, 2.75) is 6.92 Å². The molecule has 4 heteroatoms. The van der Waals surface area contributed by atoms with Gasteiger partial charge in [-0.25, -0.2) is 0 Å². The standard InChI is InChI=1S/C13H14N2OS/c1-9-5-6-14-8-12(9)11-4-3-10(15-17-2)7-13(11)16/h3-8,15-16H,1-2H3. The van der Waals surface area contributed by atoms with E-state index < -0.39 is 0 Å². The lowest BCUT2D eigenvalue weighted by molar-refractivity contribution is 0.477. The fourth-order valence-corrected chi connectivity index (χ4v) is 2.05. The Morgan fingerprint density at radius 2 is 2.06 bits per heavy atom. The third kappa shape index (κ3) is 2.53. The molecule has 1 aromatic heterocycles. The Morgan fingerprint density at radius 1 is 1.24 bits per heavy atom. The first-order valence-electron chi connectivity index (χ1n) is 5.25. The zero-order valence-electron chi connectivity index (χ0n) is 9.77. The normalized spacial score (nSPS) is 10.2. The predicted molar refractivity (Wildman–Crippen MR) is 73.2 cm³/mol. The smallest absolute Gasteiger partial charge is 0.125 e. The Hall–Kier alpha value is -1.68. The number of aromatic hydroxyl groups is 1. The number of aryl methyl sites for hydroxylation is 1. The van der Waals surface area contributed by atoms with Crippen LogP contribution in [0, 0.1) is 6.92 Å². The number of phenolic OH excluding ortho intramolecular Hbond substituents is 1. The lowest BCUT2D eigenvalue weighted by atomic mass is 10.0. The van der Waals surface area contributed by atoms with Crippen molar-refractivity contribution in [3.63, 3.8) is 0 Å². The molecule has 0 aliphatic heterocycles. The number of aromatic nitrogens is 1. The second kappa shape index (κ2) is 5.10. The maximum atomic E-state index is 10.0. The summed E-state index contributed by atoms with van der Waals surface area (Å²) in [4.78, 5) is 4.09. The topological polar surface area (TPSA) is 45.2 Å². The molecule has 0 aliphatic rings. The van der Waals surface area contributed by atoms with E-state index in [1.807, 2.05) is 31.4 Å². The van der Waals surface area contributed by atoms with Crippen molar-refractivity contribution in [1.82, 2.24) is 4.98 Å². The van der Waals surface area contributed by atoms with Crippen LogP contribution in [0.2, 0.25) is 0 Å². The van der Waals surface area contributed by atoms with Crippen LogP contribution < -0.4 is 4.72 Å². The molecule has 2 rings (SSSR count). The molecular weight excluding hydrogens is 232 g/mol. The average molecular weight is 246 g/mol. The van der Waals surface area contributed by atoms with E-state index in [2.05, 4.69) is 9.71 Å². The summed E-state index contributed by atoms with van der Waals surface area (Å²) in [5.74, 6) is 0.264. The molecule has 2 aromatic rings. The van der Waals surface area contributed by atoms with Crippen LogP contribution >= 0.6 is 11.9 Å². The van der Waals surface area contributed by atoms with E-state index in [9.17, 15) is 5.11 Å². The Kier molecular flexibility index (Phi) is 3.54. The van der Waals surface area contributed by atoms with Crippen molar-refractivity contribution in [2.75, 3.05) is 11.0 Å². The summed E-state index contributed by atoms with van der Waals surface area (Å²) in [6.45, 7) is 2.00. The summed E-state index contributed by atoms with van der Waals surface area (Å²) in [6.07, 6.45) is 5.46. The highest BCUT2D eigenvalue weighted by Gasteiger charge is 2.07. The number of nitrogens with one attached hydrogen (secondary N) is 1. The monoisotopic (exact) mass is 246 g/mol. The first kappa shape index (κ1) is 11.8. The Bertz CT molecular complexity index is 529. The van der Waals surface area contributed by atoms with Gasteiger partial charge in [-0.05, 0) is 30.7 Å². The molecule has 0 unspecified atom stereocenters. The minimum atomic E-state index is 0.264. The predicted octanol–water partition coefficient (Wildman–Crippen LogP) is 3.45. The molecule has 1 heterocycles. The molecule has 0 atom stereocenters. The first-order chi connectivity index (χ1) is 8.22. The molecule has 0 aliphatic carbocycles. The molecule has 0 amide bonds. The molecule has 0 bridgehead atoms. The van der Waals surface area contributed by atoms with Gasteiger partial charge in [-0.2, -0.15) is 0 Å². The highest BCUT2D eigenvalue weighted by molar-refractivity contribution is 7.99. The molecule has 0 radical (unpaired) electrons. The van der Waals surface area contributed by atoms with Crippen LogP contribution in [0.15, 0.2) is 36.7 Å². The van der Waals surface area contributed by atoms with Gasteiger partial charge >= 0.3 is 0 Å². The highest BCUT2D eigenvalue weighted by Crippen LogP contribution is 2.33. The molecular formula is C13H14N2OS. The fourth-order valence-electron chi connectivity index (χ4n) is 1.69. The van der Waals surface area contributed by atoms with E-state index in [-0.39, 0.29) is 5.75 Å². The van der Waals surface area contributed by atoms with E-state index >= 15 is 0 Å². The molecule has 3 nitrogen and oxygen atoms in total. The largest absolute Gasteiger partial charge is 0.507 e. The molecule has 0 saturated carbocycles. The van der Waals surface area contributed by atoms with Crippen LogP contribution in [0.25, 0.3) is 11.1 Å². The second-order valence-corrected chi connectivity index (χ2v) is 4.34. The summed E-state index contributed by atoms with van der Waals surface area (Å²) in [7, 11) is 0. The molecule has 2 N–H and O–H groups in total. The maximum Gasteiger partial charge on any atom is 0.125 e. The Balaban J connectivity index is 2.44. The van der Waals surface area contributed by atoms with Gasteiger partial charge in [0.05, 0.1) is 0 Å². The number of nitrogens with zero attached hydrogens (tertiary/aromatic N) is 1. The number of hydrogen-bond donors (Lipinski definition) is 2. The molecule has 88 valence electrons. The van der Waals surface area contributed by atoms with Gasteiger partial charge in [0.2, 0.25) is 0 Å². The summed E-state index contributed by atoms with van der Waals surface area (Å²) < 4.78 is 3.08. The van der Waals surface area contributed by atoms with E-state index in [0.717, 1.165) is 22.4 Å². The number of pyridine rings is 1. The minimum Gasteiger partial charge on any atom is -0.507 e. The van der Waals surface area contributed by atoms with Gasteiger partial charge in [0.15, 0.2) is 0 Å². The Morgan fingerprint density at radius 3 is 2.71 bits per heavy atom. The van der Waals surface area contributed by atoms with Gasteiger partial charge in [-0.3, -0.25) is 4.98 Å². The molecule has 17 heavy (non-hydrogen) atoms. The number of benzene rings is 1. The minimum absolute atomic E-state index is 0.264. The van der Waals surface area contributed by atoms with Gasteiger partial charge in [-0.15, -0.1) is 0 Å². The van der Waals surface area contributed by atoms with Crippen molar-refractivity contribution in [2.24, 2.45) is 0 Å². The van der Waals surface area contributed by atoms with Crippen molar-refractivity contribution < 1.29 is 5.11 Å². The summed E-state index contributed by atoms with van der Waals surface area (Å²) in [5, 5.41) is 10.0. The molecule has 1 aromatic carbocycles. The zero-order chi connectivity index (χ0) is 12.3. The van der Waals surface area contributed by atoms with Crippen molar-refractivity contribution in [3.8, 4) is 16.9 Å². The number of hydrogen-bond acceptors (Lipinski definition) is 4. The van der Waals surface area contributed by atoms with E-state index in [1.165, 1.54) is 11.9 Å². The molecule has 0 saturated heterocycles. The molecule has 0 spiro atoms. The summed E-state index contributed by atoms with van der Waals surface area (Å²) in [5.41, 5.74) is 3.75. The van der Waals surface area contributed by atoms with Gasteiger partial charge < -0.3 is 9.83 Å². The van der Waals surface area contributed by atoms with Gasteiger partial charge in [0.1, 0.15) is 5.75 Å². The maximum absolute atomic E-state index is 10.0. The lowest BCUT2D eigenvalue weighted by Gasteiger charge is -2.09. The van der Waals surface area contributed by atoms with E-state index in [0.29, 0.717) is 0 Å². The third-order valence-electron chi connectivity index (χ3n) is 2.55. The van der Waals surface area contributed by atoms with Crippen molar-refractivity contribution >= 4 is 17.6 Å². The van der Waals surface area contributed by atoms with Crippen molar-refractivity contribution in [1.29, 1.82) is 0 Å². The fraction of sp³-hybridized carbons (Fsp3) is 0.154. The highest BCUT2D eigenvalue weighted by atomic mass is 32.2. The zero-order valence-corrected chi connectivity index (χ0v) is 10.6. The third-order valence-corrected chi connectivity index (χ3v) is 2.99. The number of anilines is 1. The van der Waals surface area contributed by atoms with Gasteiger partial charge in [-0.1, -0.05) is 11.9 Å². The van der Waals surface area contributed by atoms with Crippen LogP contribution in [-0.4, -0.2) is 16.3 Å². The van der Waals surface area contributed by atoms with Gasteiger partial charge in [0, 0.05) is 41.5 Å².